The second kappa shape index (κ2) is 5.20. The van der Waals surface area contributed by atoms with Crippen molar-refractivity contribution in [1.29, 1.82) is 0 Å². The van der Waals surface area contributed by atoms with Crippen molar-refractivity contribution in [3.8, 4) is 17.2 Å². The number of ketones is 1. The molecule has 1 aromatic rings. The molecule has 2 nitrogen and oxygen atoms in total. The molecule has 0 saturated carbocycles. The van der Waals surface area contributed by atoms with Gasteiger partial charge in [-0.3, -0.25) is 4.79 Å². The fourth-order valence-electron chi connectivity index (χ4n) is 1.32. The molecule has 0 bridgehead atoms. The third-order valence-corrected chi connectivity index (χ3v) is 3.04. The molecule has 0 aliphatic heterocycles. The molecule has 0 radical (unpaired) electrons. The highest BCUT2D eigenvalue weighted by Gasteiger charge is 2.10. The Kier molecular flexibility index (Phi) is 4.14. The van der Waals surface area contributed by atoms with Gasteiger partial charge in [-0.15, -0.1) is 5.54 Å². The molecule has 0 aromatic heterocycles. The zero-order valence-electron chi connectivity index (χ0n) is 11.0. The van der Waals surface area contributed by atoms with Crippen LogP contribution >= 0.6 is 0 Å². The monoisotopic (exact) mass is 246 g/mol. The van der Waals surface area contributed by atoms with Crippen LogP contribution in [0.15, 0.2) is 18.2 Å². The Morgan fingerprint density at radius 2 is 1.94 bits per heavy atom. The van der Waals surface area contributed by atoms with Crippen molar-refractivity contribution in [1.82, 2.24) is 0 Å². The minimum atomic E-state index is -1.38. The summed E-state index contributed by atoms with van der Waals surface area (Å²) in [6, 6.07) is 5.48. The molecule has 0 N–H and O–H groups in total. The zero-order valence-corrected chi connectivity index (χ0v) is 12.0. The molecule has 1 aromatic carbocycles. The van der Waals surface area contributed by atoms with E-state index in [1.165, 1.54) is 6.92 Å². The van der Waals surface area contributed by atoms with Gasteiger partial charge in [0.1, 0.15) is 13.8 Å². The van der Waals surface area contributed by atoms with Gasteiger partial charge in [0.2, 0.25) is 0 Å². The predicted octanol–water partition coefficient (Wildman–Crippen LogP) is 3.13. The smallest absolute Gasteiger partial charge is 0.163 e. The number of hydrogen-bond acceptors (Lipinski definition) is 2. The zero-order chi connectivity index (χ0) is 13.1. The molecule has 0 unspecified atom stereocenters. The highest BCUT2D eigenvalue weighted by atomic mass is 28.3. The molecule has 3 heteroatoms. The van der Waals surface area contributed by atoms with Crippen molar-refractivity contribution < 1.29 is 9.53 Å². The molecule has 0 saturated heterocycles. The standard InChI is InChI=1S/C14H18O2Si/c1-11(15)13-10-12(6-7-14(13)16-2)8-9-17(3,4)5/h6-7,10H,1-5H3. The Labute approximate surface area is 104 Å². The first-order chi connectivity index (χ1) is 7.83. The van der Waals surface area contributed by atoms with Gasteiger partial charge >= 0.3 is 0 Å². The highest BCUT2D eigenvalue weighted by Crippen LogP contribution is 2.20. The quantitative estimate of drug-likeness (QED) is 0.455. The Morgan fingerprint density at radius 1 is 1.29 bits per heavy atom. The molecule has 0 aliphatic rings. The Bertz CT molecular complexity index is 487. The van der Waals surface area contributed by atoms with Crippen molar-refractivity contribution in [3.63, 3.8) is 0 Å². The first-order valence-electron chi connectivity index (χ1n) is 5.55. The van der Waals surface area contributed by atoms with E-state index in [1.807, 2.05) is 6.07 Å². The molecule has 90 valence electrons. The van der Waals surface area contributed by atoms with E-state index < -0.39 is 8.07 Å². The van der Waals surface area contributed by atoms with Gasteiger partial charge in [0, 0.05) is 5.56 Å². The lowest BCUT2D eigenvalue weighted by Gasteiger charge is -2.06. The van der Waals surface area contributed by atoms with E-state index in [9.17, 15) is 4.79 Å². The summed E-state index contributed by atoms with van der Waals surface area (Å²) < 4.78 is 5.15. The molecule has 0 amide bonds. The topological polar surface area (TPSA) is 26.3 Å². The van der Waals surface area contributed by atoms with E-state index >= 15 is 0 Å². The van der Waals surface area contributed by atoms with Crippen LogP contribution in [0.4, 0.5) is 0 Å². The molecule has 0 spiro atoms. The van der Waals surface area contributed by atoms with Gasteiger partial charge in [-0.05, 0) is 25.1 Å². The fraction of sp³-hybridized carbons (Fsp3) is 0.357. The van der Waals surface area contributed by atoms with E-state index in [1.54, 1.807) is 19.2 Å². The maximum absolute atomic E-state index is 11.5. The van der Waals surface area contributed by atoms with Crippen LogP contribution in [-0.4, -0.2) is 21.0 Å². The van der Waals surface area contributed by atoms with Crippen LogP contribution in [0.1, 0.15) is 22.8 Å². The maximum atomic E-state index is 11.5. The molecule has 0 aliphatic carbocycles. The van der Waals surface area contributed by atoms with Crippen LogP contribution in [-0.2, 0) is 0 Å². The highest BCUT2D eigenvalue weighted by molar-refractivity contribution is 6.83. The van der Waals surface area contributed by atoms with Gasteiger partial charge in [-0.25, -0.2) is 0 Å². The van der Waals surface area contributed by atoms with Gasteiger partial charge in [0.15, 0.2) is 5.78 Å². The minimum Gasteiger partial charge on any atom is -0.496 e. The Morgan fingerprint density at radius 3 is 2.41 bits per heavy atom. The molecular formula is C14H18O2Si. The molecule has 0 heterocycles. The summed E-state index contributed by atoms with van der Waals surface area (Å²) >= 11 is 0. The number of Topliss-reactive ketones (excluding diaryl/α,β-unsaturated/α-hetero) is 1. The van der Waals surface area contributed by atoms with Crippen molar-refractivity contribution in [3.05, 3.63) is 29.3 Å². The summed E-state index contributed by atoms with van der Waals surface area (Å²) in [7, 11) is 0.181. The van der Waals surface area contributed by atoms with Crippen molar-refractivity contribution in [2.75, 3.05) is 7.11 Å². The second-order valence-corrected chi connectivity index (χ2v) is 9.72. The summed E-state index contributed by atoms with van der Waals surface area (Å²) in [6.45, 7) is 8.10. The van der Waals surface area contributed by atoms with Crippen LogP contribution in [0.5, 0.6) is 5.75 Å². The summed E-state index contributed by atoms with van der Waals surface area (Å²) in [6.07, 6.45) is 0. The lowest BCUT2D eigenvalue weighted by Crippen LogP contribution is -2.16. The summed E-state index contributed by atoms with van der Waals surface area (Å²) in [5.41, 5.74) is 4.74. The number of benzene rings is 1. The van der Waals surface area contributed by atoms with Crippen molar-refractivity contribution >= 4 is 13.9 Å². The summed E-state index contributed by atoms with van der Waals surface area (Å²) in [4.78, 5) is 11.5. The van der Waals surface area contributed by atoms with E-state index in [0.717, 1.165) is 5.56 Å². The van der Waals surface area contributed by atoms with Crippen molar-refractivity contribution in [2.24, 2.45) is 0 Å². The molecule has 0 fully saturated rings. The second-order valence-electron chi connectivity index (χ2n) is 4.97. The third-order valence-electron chi connectivity index (χ3n) is 2.16. The van der Waals surface area contributed by atoms with Crippen LogP contribution in [0.25, 0.3) is 0 Å². The maximum Gasteiger partial charge on any atom is 0.163 e. The largest absolute Gasteiger partial charge is 0.496 e. The lowest BCUT2D eigenvalue weighted by atomic mass is 10.1. The van der Waals surface area contributed by atoms with E-state index in [-0.39, 0.29) is 5.78 Å². The van der Waals surface area contributed by atoms with Gasteiger partial charge in [-0.2, -0.15) is 0 Å². The summed E-state index contributed by atoms with van der Waals surface area (Å²) in [5, 5.41) is 0. The average molecular weight is 246 g/mol. The minimum absolute atomic E-state index is 0.00139. The van der Waals surface area contributed by atoms with Crippen molar-refractivity contribution in [2.45, 2.75) is 26.6 Å². The number of methoxy groups -OCH3 is 1. The van der Waals surface area contributed by atoms with Gasteiger partial charge in [0.25, 0.3) is 0 Å². The average Bonchev–Trinajstić information content (AvgIpc) is 2.25. The van der Waals surface area contributed by atoms with Gasteiger partial charge in [-0.1, -0.05) is 25.6 Å². The summed E-state index contributed by atoms with van der Waals surface area (Å²) in [5.74, 6) is 3.74. The first-order valence-corrected chi connectivity index (χ1v) is 9.05. The number of carbonyl (C=O) groups is 1. The Balaban J connectivity index is 3.16. The van der Waals surface area contributed by atoms with E-state index in [4.69, 9.17) is 4.74 Å². The van der Waals surface area contributed by atoms with E-state index in [2.05, 4.69) is 31.1 Å². The number of ether oxygens (including phenoxy) is 1. The van der Waals surface area contributed by atoms with Crippen LogP contribution in [0.2, 0.25) is 19.6 Å². The fourth-order valence-corrected chi connectivity index (χ4v) is 1.84. The van der Waals surface area contributed by atoms with Gasteiger partial charge < -0.3 is 4.74 Å². The number of rotatable bonds is 2. The van der Waals surface area contributed by atoms with E-state index in [0.29, 0.717) is 11.3 Å². The lowest BCUT2D eigenvalue weighted by molar-refractivity contribution is 0.101. The van der Waals surface area contributed by atoms with Crippen LogP contribution < -0.4 is 4.74 Å². The van der Waals surface area contributed by atoms with Crippen LogP contribution in [0.3, 0.4) is 0 Å². The first kappa shape index (κ1) is 13.5. The number of carbonyl (C=O) groups excluding carboxylic acids is 1. The molecule has 1 rings (SSSR count). The Hall–Kier alpha value is -1.53. The molecular weight excluding hydrogens is 228 g/mol. The molecule has 0 atom stereocenters. The van der Waals surface area contributed by atoms with Crippen LogP contribution in [0, 0.1) is 11.5 Å². The molecule has 17 heavy (non-hydrogen) atoms. The SMILES string of the molecule is COc1ccc(C#C[Si](C)(C)C)cc1C(C)=O. The normalized spacial score (nSPS) is 10.4. The van der Waals surface area contributed by atoms with Gasteiger partial charge in [0.05, 0.1) is 12.7 Å². The predicted molar refractivity (Wildman–Crippen MR) is 73.2 cm³/mol. The third kappa shape index (κ3) is 4.08. The number of hydrogen-bond donors (Lipinski definition) is 0.